The Morgan fingerprint density at radius 2 is 1.90 bits per heavy atom. The van der Waals surface area contributed by atoms with Gasteiger partial charge >= 0.3 is 0 Å². The predicted octanol–water partition coefficient (Wildman–Crippen LogP) is 6.55. The van der Waals surface area contributed by atoms with Crippen molar-refractivity contribution in [1.29, 1.82) is 0 Å². The summed E-state index contributed by atoms with van der Waals surface area (Å²) in [4.78, 5) is 12.4. The number of amides is 1. The number of carbonyl (C=O) groups is 1. The van der Waals surface area contributed by atoms with Crippen LogP contribution < -0.4 is 10.1 Å². The molecule has 0 spiro atoms. The maximum absolute atomic E-state index is 12.4. The van der Waals surface area contributed by atoms with E-state index in [1.165, 1.54) is 11.1 Å². The van der Waals surface area contributed by atoms with Crippen LogP contribution in [0.5, 0.6) is 5.75 Å². The minimum absolute atomic E-state index is 0.0106. The van der Waals surface area contributed by atoms with Crippen LogP contribution in [0, 0.1) is 13.8 Å². The molecule has 31 heavy (non-hydrogen) atoms. The average Bonchev–Trinajstić information content (AvgIpc) is 2.76. The van der Waals surface area contributed by atoms with E-state index in [-0.39, 0.29) is 5.91 Å². The van der Waals surface area contributed by atoms with E-state index < -0.39 is 6.29 Å². The summed E-state index contributed by atoms with van der Waals surface area (Å²) in [6.07, 6.45) is -0.424. The van der Waals surface area contributed by atoms with Gasteiger partial charge in [0.05, 0.1) is 12.4 Å². The van der Waals surface area contributed by atoms with Gasteiger partial charge in [0, 0.05) is 32.6 Å². The lowest BCUT2D eigenvalue weighted by Crippen LogP contribution is -2.19. The summed E-state index contributed by atoms with van der Waals surface area (Å²) in [6.45, 7) is 4.59. The highest BCUT2D eigenvalue weighted by atomic mass is 79.9. The second-order valence-electron chi connectivity index (χ2n) is 7.56. The van der Waals surface area contributed by atoms with E-state index in [0.29, 0.717) is 18.1 Å². The largest absolute Gasteiger partial charge is 0.460 e. The number of carbonyl (C=O) groups excluding carboxylic acids is 1. The number of benzene rings is 3. The van der Waals surface area contributed by atoms with Crippen LogP contribution in [0.15, 0.2) is 65.1 Å². The lowest BCUT2D eigenvalue weighted by molar-refractivity contribution is -0.113. The molecule has 1 atom stereocenters. The predicted molar refractivity (Wildman–Crippen MR) is 129 cm³/mol. The Kier molecular flexibility index (Phi) is 7.00. The molecule has 0 aromatic heterocycles. The monoisotopic (exact) mass is 497 g/mol. The first-order chi connectivity index (χ1) is 15.0. The highest BCUT2D eigenvalue weighted by Gasteiger charge is 2.24. The molecule has 0 saturated carbocycles. The van der Waals surface area contributed by atoms with Crippen molar-refractivity contribution in [2.24, 2.45) is 0 Å². The maximum Gasteiger partial charge on any atom is 0.234 e. The standard InChI is InChI=1S/C25H24BrNO3S/c1-16-8-9-22(10-17(16)2)27-23(28)15-31-14-20-12-21(26)11-19-13-29-25(30-24(19)20)18-6-4-3-5-7-18/h3-12,25H,13-15H2,1-2H3,(H,27,28)/t25-/m1/s1. The first-order valence-corrected chi connectivity index (χ1v) is 12.0. The summed E-state index contributed by atoms with van der Waals surface area (Å²) >= 11 is 5.15. The van der Waals surface area contributed by atoms with Gasteiger partial charge in [-0.3, -0.25) is 4.79 Å². The van der Waals surface area contributed by atoms with Gasteiger partial charge in [0.1, 0.15) is 5.75 Å². The molecule has 6 heteroatoms. The lowest BCUT2D eigenvalue weighted by Gasteiger charge is -2.28. The van der Waals surface area contributed by atoms with Gasteiger partial charge in [-0.2, -0.15) is 0 Å². The van der Waals surface area contributed by atoms with Gasteiger partial charge in [-0.15, -0.1) is 11.8 Å². The number of anilines is 1. The van der Waals surface area contributed by atoms with Crippen LogP contribution in [0.3, 0.4) is 0 Å². The van der Waals surface area contributed by atoms with Gasteiger partial charge in [0.2, 0.25) is 12.2 Å². The van der Waals surface area contributed by atoms with Crippen LogP contribution in [0.2, 0.25) is 0 Å². The Morgan fingerprint density at radius 1 is 1.10 bits per heavy atom. The minimum atomic E-state index is -0.424. The molecule has 1 N–H and O–H groups in total. The van der Waals surface area contributed by atoms with E-state index in [1.54, 1.807) is 11.8 Å². The van der Waals surface area contributed by atoms with Crippen molar-refractivity contribution in [1.82, 2.24) is 0 Å². The highest BCUT2D eigenvalue weighted by molar-refractivity contribution is 9.10. The normalized spacial score (nSPS) is 15.1. The number of fused-ring (bicyclic) bond motifs is 1. The SMILES string of the molecule is Cc1ccc(NC(=O)CSCc2cc(Br)cc3c2O[C@H](c2ccccc2)OC3)cc1C. The van der Waals surface area contributed by atoms with Crippen LogP contribution in [0.4, 0.5) is 5.69 Å². The first-order valence-electron chi connectivity index (χ1n) is 10.1. The molecule has 1 aliphatic rings. The number of hydrogen-bond acceptors (Lipinski definition) is 4. The summed E-state index contributed by atoms with van der Waals surface area (Å²) in [5.74, 6) is 1.88. The molecule has 4 rings (SSSR count). The van der Waals surface area contributed by atoms with Crippen LogP contribution in [0.1, 0.15) is 34.1 Å². The first kappa shape index (κ1) is 21.9. The minimum Gasteiger partial charge on any atom is -0.460 e. The number of ether oxygens (including phenoxy) is 2. The van der Waals surface area contributed by atoms with Crippen LogP contribution in [-0.2, 0) is 21.9 Å². The van der Waals surface area contributed by atoms with E-state index in [1.807, 2.05) is 61.5 Å². The third-order valence-corrected chi connectivity index (χ3v) is 6.62. The molecule has 4 nitrogen and oxygen atoms in total. The molecule has 1 aliphatic heterocycles. The molecule has 3 aromatic rings. The van der Waals surface area contributed by atoms with Gasteiger partial charge < -0.3 is 14.8 Å². The molecule has 1 amide bonds. The van der Waals surface area contributed by atoms with Crippen molar-refractivity contribution >= 4 is 39.3 Å². The second-order valence-corrected chi connectivity index (χ2v) is 9.47. The maximum atomic E-state index is 12.4. The van der Waals surface area contributed by atoms with Gasteiger partial charge in [-0.05, 0) is 49.2 Å². The molecule has 0 radical (unpaired) electrons. The molecule has 0 aliphatic carbocycles. The zero-order chi connectivity index (χ0) is 21.8. The van der Waals surface area contributed by atoms with Crippen molar-refractivity contribution in [2.75, 3.05) is 11.1 Å². The van der Waals surface area contributed by atoms with Gasteiger partial charge in [-0.25, -0.2) is 0 Å². The van der Waals surface area contributed by atoms with Crippen molar-refractivity contribution in [3.63, 3.8) is 0 Å². The summed E-state index contributed by atoms with van der Waals surface area (Å²) in [7, 11) is 0. The van der Waals surface area contributed by atoms with Crippen molar-refractivity contribution in [3.05, 3.63) is 93.0 Å². The third kappa shape index (κ3) is 5.50. The van der Waals surface area contributed by atoms with Gasteiger partial charge in [0.15, 0.2) is 0 Å². The van der Waals surface area contributed by atoms with E-state index in [9.17, 15) is 4.79 Å². The molecule has 0 fully saturated rings. The molecule has 0 unspecified atom stereocenters. The number of aryl methyl sites for hydroxylation is 2. The fourth-order valence-electron chi connectivity index (χ4n) is 3.43. The molecule has 0 saturated heterocycles. The van der Waals surface area contributed by atoms with E-state index in [2.05, 4.69) is 34.2 Å². The smallest absolute Gasteiger partial charge is 0.234 e. The zero-order valence-corrected chi connectivity index (χ0v) is 19.9. The van der Waals surface area contributed by atoms with Crippen molar-refractivity contribution in [3.8, 4) is 5.75 Å². The fraction of sp³-hybridized carbons (Fsp3) is 0.240. The van der Waals surface area contributed by atoms with Crippen molar-refractivity contribution < 1.29 is 14.3 Å². The Morgan fingerprint density at radius 3 is 2.68 bits per heavy atom. The number of halogens is 1. The highest BCUT2D eigenvalue weighted by Crippen LogP contribution is 2.39. The molecule has 160 valence electrons. The van der Waals surface area contributed by atoms with Crippen LogP contribution in [0.25, 0.3) is 0 Å². The Bertz CT molecular complexity index is 1090. The third-order valence-electron chi connectivity index (χ3n) is 5.18. The Balaban J connectivity index is 1.40. The number of nitrogens with one attached hydrogen (secondary N) is 1. The van der Waals surface area contributed by atoms with Crippen LogP contribution >= 0.6 is 27.7 Å². The molecule has 1 heterocycles. The molecular weight excluding hydrogens is 474 g/mol. The second kappa shape index (κ2) is 9.90. The quantitative estimate of drug-likeness (QED) is 0.419. The van der Waals surface area contributed by atoms with E-state index in [0.717, 1.165) is 32.6 Å². The summed E-state index contributed by atoms with van der Waals surface area (Å²) in [6, 6.07) is 20.0. The summed E-state index contributed by atoms with van der Waals surface area (Å²) in [5.41, 5.74) is 6.26. The van der Waals surface area contributed by atoms with Crippen LogP contribution in [-0.4, -0.2) is 11.7 Å². The Labute approximate surface area is 195 Å². The Hall–Kier alpha value is -2.28. The van der Waals surface area contributed by atoms with Gasteiger partial charge in [-0.1, -0.05) is 52.3 Å². The zero-order valence-electron chi connectivity index (χ0n) is 17.5. The molecule has 0 bridgehead atoms. The number of thioether (sulfide) groups is 1. The van der Waals surface area contributed by atoms with Gasteiger partial charge in [0.25, 0.3) is 0 Å². The van der Waals surface area contributed by atoms with Crippen molar-refractivity contribution in [2.45, 2.75) is 32.5 Å². The fourth-order valence-corrected chi connectivity index (χ4v) is 4.78. The molecule has 3 aromatic carbocycles. The number of hydrogen-bond donors (Lipinski definition) is 1. The average molecular weight is 498 g/mol. The topological polar surface area (TPSA) is 47.6 Å². The lowest BCUT2D eigenvalue weighted by atomic mass is 10.1. The molecular formula is C25H24BrNO3S. The summed E-state index contributed by atoms with van der Waals surface area (Å²) < 4.78 is 13.1. The van der Waals surface area contributed by atoms with E-state index in [4.69, 9.17) is 9.47 Å². The number of rotatable bonds is 6. The summed E-state index contributed by atoms with van der Waals surface area (Å²) in [5, 5.41) is 2.98. The van der Waals surface area contributed by atoms with E-state index >= 15 is 0 Å².